The smallest absolute Gasteiger partial charge is 0.336 e. The van der Waals surface area contributed by atoms with Crippen LogP contribution in [-0.2, 0) is 25.3 Å². The summed E-state index contributed by atoms with van der Waals surface area (Å²) in [6.07, 6.45) is 4.44. The molecule has 0 aliphatic rings. The lowest BCUT2D eigenvalue weighted by Gasteiger charge is -2.17. The Bertz CT molecular complexity index is 1500. The van der Waals surface area contributed by atoms with Gasteiger partial charge < -0.3 is 14.2 Å². The molecular weight excluding hydrogens is 596 g/mol. The van der Waals surface area contributed by atoms with Gasteiger partial charge in [0.25, 0.3) is 0 Å². The number of carbonyl (C=O) groups excluding carboxylic acids is 3. The van der Waals surface area contributed by atoms with Gasteiger partial charge in [-0.05, 0) is 116 Å². The fraction of sp³-hybridized carbons (Fsp3) is 0.308. The van der Waals surface area contributed by atoms with Crippen molar-refractivity contribution in [3.05, 3.63) is 105 Å². The number of esters is 3. The minimum Gasteiger partial charge on any atom is -0.423 e. The van der Waals surface area contributed by atoms with Crippen LogP contribution in [-0.4, -0.2) is 17.9 Å². The highest BCUT2D eigenvalue weighted by molar-refractivity contribution is 7.97. The van der Waals surface area contributed by atoms with Crippen LogP contribution >= 0.6 is 0 Å². The van der Waals surface area contributed by atoms with E-state index in [-0.39, 0.29) is 0 Å². The average molecular weight is 642 g/mol. The van der Waals surface area contributed by atoms with E-state index in [2.05, 4.69) is 36.4 Å². The van der Waals surface area contributed by atoms with Crippen molar-refractivity contribution in [1.29, 1.82) is 0 Å². The van der Waals surface area contributed by atoms with Crippen molar-refractivity contribution in [3.63, 3.8) is 0 Å². The van der Waals surface area contributed by atoms with E-state index >= 15 is 0 Å². The van der Waals surface area contributed by atoms with Gasteiger partial charge in [-0.25, -0.2) is 14.4 Å². The molecule has 0 fully saturated rings. The molecule has 46 heavy (non-hydrogen) atoms. The molecule has 3 rings (SSSR count). The molecule has 3 aromatic carbocycles. The van der Waals surface area contributed by atoms with E-state index in [1.807, 2.05) is 83.1 Å². The van der Waals surface area contributed by atoms with E-state index in [1.165, 1.54) is 18.2 Å². The summed E-state index contributed by atoms with van der Waals surface area (Å²) in [5.74, 6) is 0.388. The highest BCUT2D eigenvalue weighted by Crippen LogP contribution is 2.40. The second-order valence-electron chi connectivity index (χ2n) is 12.4. The summed E-state index contributed by atoms with van der Waals surface area (Å²) in [6.45, 7) is 22.7. The van der Waals surface area contributed by atoms with Crippen molar-refractivity contribution in [2.24, 2.45) is 0 Å². The Kier molecular flexibility index (Phi) is 12.0. The van der Waals surface area contributed by atoms with Gasteiger partial charge in [0.1, 0.15) is 17.2 Å². The predicted octanol–water partition coefficient (Wildman–Crippen LogP) is 9.25. The molecule has 0 aliphatic heterocycles. The molecule has 0 heterocycles. The zero-order chi connectivity index (χ0) is 34.5. The van der Waals surface area contributed by atoms with E-state index in [1.54, 1.807) is 0 Å². The summed E-state index contributed by atoms with van der Waals surface area (Å²) < 4.78 is 17.3. The summed E-state index contributed by atoms with van der Waals surface area (Å²) in [4.78, 5) is 40.6. The maximum Gasteiger partial charge on any atom is 0.336 e. The van der Waals surface area contributed by atoms with Gasteiger partial charge in [-0.1, -0.05) is 16.7 Å². The summed E-state index contributed by atoms with van der Waals surface area (Å²) in [6, 6.07) is 12.3. The van der Waals surface area contributed by atoms with E-state index in [0.717, 1.165) is 64.8 Å². The van der Waals surface area contributed by atoms with Crippen molar-refractivity contribution in [2.45, 2.75) is 97.8 Å². The van der Waals surface area contributed by atoms with Crippen molar-refractivity contribution in [3.8, 4) is 17.2 Å². The van der Waals surface area contributed by atoms with Gasteiger partial charge in [0.05, 0.1) is 10.9 Å². The zero-order valence-electron chi connectivity index (χ0n) is 29.1. The monoisotopic (exact) mass is 641 g/mol. The van der Waals surface area contributed by atoms with Crippen LogP contribution in [0.25, 0.3) is 0 Å². The first-order valence-electron chi connectivity index (χ1n) is 15.1. The van der Waals surface area contributed by atoms with E-state index in [4.69, 9.17) is 14.2 Å². The fourth-order valence-electron chi connectivity index (χ4n) is 5.07. The normalized spacial score (nSPS) is 10.6. The van der Waals surface area contributed by atoms with Crippen molar-refractivity contribution < 1.29 is 28.6 Å². The van der Waals surface area contributed by atoms with E-state index in [9.17, 15) is 14.4 Å². The summed E-state index contributed by atoms with van der Waals surface area (Å²) in [5, 5.41) is 0. The summed E-state index contributed by atoms with van der Waals surface area (Å²) in [5.41, 5.74) is 7.61. The van der Waals surface area contributed by atoms with Gasteiger partial charge in [0, 0.05) is 54.6 Å². The van der Waals surface area contributed by atoms with Crippen molar-refractivity contribution >= 4 is 28.8 Å². The molecule has 0 aromatic heterocycles. The summed E-state index contributed by atoms with van der Waals surface area (Å²) in [7, 11) is -0.624. The second kappa shape index (κ2) is 15.3. The van der Waals surface area contributed by atoms with Crippen LogP contribution in [0.3, 0.4) is 0 Å². The number of ether oxygens (including phenoxy) is 3. The number of carbonyl (C=O) groups is 3. The van der Waals surface area contributed by atoms with Gasteiger partial charge in [0.2, 0.25) is 0 Å². The van der Waals surface area contributed by atoms with Crippen LogP contribution in [0.15, 0.2) is 86.0 Å². The second-order valence-corrected chi connectivity index (χ2v) is 14.4. The maximum absolute atomic E-state index is 12.5. The third kappa shape index (κ3) is 9.33. The molecule has 0 spiro atoms. The van der Waals surface area contributed by atoms with Crippen LogP contribution in [0.4, 0.5) is 0 Å². The van der Waals surface area contributed by atoms with E-state index < -0.39 is 28.8 Å². The minimum atomic E-state index is -0.624. The molecule has 3 aromatic rings. The number of rotatable bonds is 9. The number of hydrogen-bond acceptors (Lipinski definition) is 6. The lowest BCUT2D eigenvalue weighted by atomic mass is 10.1. The Hall–Kier alpha value is -4.36. The molecule has 0 radical (unpaired) electrons. The highest BCUT2D eigenvalue weighted by atomic mass is 32.2. The molecule has 7 heteroatoms. The third-order valence-corrected chi connectivity index (χ3v) is 8.96. The maximum atomic E-state index is 12.5. The zero-order valence-corrected chi connectivity index (χ0v) is 29.9. The highest BCUT2D eigenvalue weighted by Gasteiger charge is 2.33. The third-order valence-electron chi connectivity index (χ3n) is 6.84. The van der Waals surface area contributed by atoms with Crippen LogP contribution in [0, 0.1) is 41.5 Å². The Labute approximate surface area is 276 Å². The Morgan fingerprint density at radius 2 is 0.630 bits per heavy atom. The molecule has 6 nitrogen and oxygen atoms in total. The van der Waals surface area contributed by atoms with Crippen LogP contribution in [0.1, 0.15) is 74.9 Å². The van der Waals surface area contributed by atoms with Crippen molar-refractivity contribution in [2.75, 3.05) is 0 Å². The van der Waals surface area contributed by atoms with Gasteiger partial charge in [-0.15, -0.1) is 0 Å². The molecule has 0 amide bonds. The Morgan fingerprint density at radius 3 is 0.804 bits per heavy atom. The molecule has 242 valence electrons. The quantitative estimate of drug-likeness (QED) is 0.100. The fourth-order valence-corrected chi connectivity index (χ4v) is 7.66. The Balaban J connectivity index is 2.23. The number of hydrogen-bond donors (Lipinski definition) is 0. The first-order valence-corrected chi connectivity index (χ1v) is 16.4. The molecule has 0 saturated heterocycles. The number of benzene rings is 3. The SMILES string of the molecule is CC(C)=CC(=O)Oc1c(C)cc([S+](c2cc(C)c(OC(=O)C=C(C)C)c(C)c2)c2cc(C)c(OC(=O)C=C(C)C)c(C)c2)cc1C. The first kappa shape index (κ1) is 36.1. The standard InChI is InChI=1S/C39H45O6S/c1-22(2)13-34(40)43-37-25(7)16-31(17-26(37)8)46(32-18-27(9)38(28(10)19-32)44-35(41)14-23(3)4)33-20-29(11)39(30(12)21-33)45-36(42)15-24(5)6/h13-21H,1-12H3/q+1. The largest absolute Gasteiger partial charge is 0.423 e. The number of aryl methyl sites for hydroxylation is 6. The molecular formula is C39H45O6S+. The van der Waals surface area contributed by atoms with E-state index in [0.29, 0.717) is 17.2 Å². The molecule has 0 N–H and O–H groups in total. The van der Waals surface area contributed by atoms with Crippen molar-refractivity contribution in [1.82, 2.24) is 0 Å². The summed E-state index contributed by atoms with van der Waals surface area (Å²) >= 11 is 0. The Morgan fingerprint density at radius 1 is 0.435 bits per heavy atom. The van der Waals surface area contributed by atoms with Gasteiger partial charge in [-0.3, -0.25) is 0 Å². The average Bonchev–Trinajstić information content (AvgIpc) is 2.89. The minimum absolute atomic E-state index is 0.410. The predicted molar refractivity (Wildman–Crippen MR) is 185 cm³/mol. The van der Waals surface area contributed by atoms with Gasteiger partial charge >= 0.3 is 17.9 Å². The molecule has 0 bridgehead atoms. The molecule has 0 aliphatic carbocycles. The van der Waals surface area contributed by atoms with Gasteiger partial charge in [0.15, 0.2) is 14.7 Å². The van der Waals surface area contributed by atoms with Crippen LogP contribution in [0.2, 0.25) is 0 Å². The molecule has 0 atom stereocenters. The first-order chi connectivity index (χ1) is 21.5. The lowest BCUT2D eigenvalue weighted by molar-refractivity contribution is -0.130. The number of allylic oxidation sites excluding steroid dienone is 3. The molecule has 0 saturated carbocycles. The van der Waals surface area contributed by atoms with Gasteiger partial charge in [-0.2, -0.15) is 0 Å². The molecule has 0 unspecified atom stereocenters. The van der Waals surface area contributed by atoms with Crippen LogP contribution < -0.4 is 14.2 Å². The van der Waals surface area contributed by atoms with Crippen LogP contribution in [0.5, 0.6) is 17.2 Å². The lowest BCUT2D eigenvalue weighted by Crippen LogP contribution is -2.12. The topological polar surface area (TPSA) is 78.9 Å².